The third-order valence-electron chi connectivity index (χ3n) is 4.35. The minimum Gasteiger partial charge on any atom is -0.491 e. The predicted molar refractivity (Wildman–Crippen MR) is 105 cm³/mol. The maximum absolute atomic E-state index is 12.6. The van der Waals surface area contributed by atoms with E-state index in [1.165, 1.54) is 23.4 Å². The molecule has 0 aliphatic rings. The summed E-state index contributed by atoms with van der Waals surface area (Å²) < 4.78 is 9.65. The lowest BCUT2D eigenvalue weighted by molar-refractivity contribution is 0.0913. The van der Waals surface area contributed by atoms with E-state index in [2.05, 4.69) is 4.98 Å². The molecule has 3 aromatic rings. The molecule has 3 rings (SSSR count). The Morgan fingerprint density at radius 2 is 1.85 bits per heavy atom. The van der Waals surface area contributed by atoms with Crippen molar-refractivity contribution >= 4 is 22.9 Å². The van der Waals surface area contributed by atoms with Gasteiger partial charge >= 0.3 is 5.69 Å². The molecule has 144 valence electrons. The summed E-state index contributed by atoms with van der Waals surface area (Å²) in [4.78, 5) is 29.1. The monoisotopic (exact) mass is 390 g/mol. The van der Waals surface area contributed by atoms with Crippen molar-refractivity contribution in [3.63, 3.8) is 0 Å². The number of imidazole rings is 1. The molecule has 8 nitrogen and oxygen atoms in total. The van der Waals surface area contributed by atoms with Gasteiger partial charge in [-0.05, 0) is 25.3 Å². The summed E-state index contributed by atoms with van der Waals surface area (Å²) in [6, 6.07) is 7.54. The number of aromatic nitrogens is 4. The normalized spacial score (nSPS) is 12.5. The fourth-order valence-electron chi connectivity index (χ4n) is 2.84. The van der Waals surface area contributed by atoms with Crippen LogP contribution in [-0.4, -0.2) is 42.8 Å². The summed E-state index contributed by atoms with van der Waals surface area (Å²) in [6.07, 6.45) is 0.978. The van der Waals surface area contributed by atoms with Crippen molar-refractivity contribution < 1.29 is 9.84 Å². The van der Waals surface area contributed by atoms with Crippen molar-refractivity contribution in [2.75, 3.05) is 12.9 Å². The number of aryl methyl sites for hydroxylation is 2. The maximum atomic E-state index is 12.6. The lowest BCUT2D eigenvalue weighted by Gasteiger charge is -2.15. The Bertz CT molecular complexity index is 1080. The molecular weight excluding hydrogens is 368 g/mol. The van der Waals surface area contributed by atoms with Crippen molar-refractivity contribution in [2.45, 2.75) is 24.7 Å². The lowest BCUT2D eigenvalue weighted by atomic mass is 10.2. The van der Waals surface area contributed by atoms with E-state index in [-0.39, 0.29) is 13.2 Å². The van der Waals surface area contributed by atoms with E-state index in [9.17, 15) is 14.7 Å². The lowest BCUT2D eigenvalue weighted by Crippen LogP contribution is -2.38. The second-order valence-electron chi connectivity index (χ2n) is 6.36. The van der Waals surface area contributed by atoms with Crippen molar-refractivity contribution in [1.29, 1.82) is 0 Å². The molecule has 9 heteroatoms. The SMILES string of the molecule is CSc1nc2c(c(=O)n(C)c(=O)n2C)n1C[C@H](O)COc1ccc(C)cc1. The summed E-state index contributed by atoms with van der Waals surface area (Å²) in [5.41, 5.74) is 0.844. The minimum absolute atomic E-state index is 0.0721. The van der Waals surface area contributed by atoms with Gasteiger partial charge in [0, 0.05) is 14.1 Å². The Hall–Kier alpha value is -2.52. The first-order chi connectivity index (χ1) is 12.8. The second kappa shape index (κ2) is 7.61. The maximum Gasteiger partial charge on any atom is 0.332 e. The number of fused-ring (bicyclic) bond motifs is 1. The van der Waals surface area contributed by atoms with Crippen molar-refractivity contribution in [1.82, 2.24) is 18.7 Å². The van der Waals surface area contributed by atoms with Gasteiger partial charge < -0.3 is 14.4 Å². The Kier molecular flexibility index (Phi) is 5.43. The molecule has 2 aromatic heterocycles. The van der Waals surface area contributed by atoms with Crippen LogP contribution in [0.3, 0.4) is 0 Å². The molecule has 0 amide bonds. The van der Waals surface area contributed by atoms with Gasteiger partial charge in [0.2, 0.25) is 0 Å². The molecule has 0 aliphatic heterocycles. The number of hydrogen-bond acceptors (Lipinski definition) is 6. The molecular formula is C18H22N4O4S. The highest BCUT2D eigenvalue weighted by molar-refractivity contribution is 7.98. The third-order valence-corrected chi connectivity index (χ3v) is 5.03. The third kappa shape index (κ3) is 3.65. The van der Waals surface area contributed by atoms with E-state index in [0.717, 1.165) is 10.1 Å². The van der Waals surface area contributed by atoms with Crippen molar-refractivity contribution in [3.05, 3.63) is 50.7 Å². The highest BCUT2D eigenvalue weighted by atomic mass is 32.2. The zero-order valence-corrected chi connectivity index (χ0v) is 16.5. The number of thioether (sulfide) groups is 1. The molecule has 27 heavy (non-hydrogen) atoms. The number of benzene rings is 1. The highest BCUT2D eigenvalue weighted by Gasteiger charge is 2.20. The van der Waals surface area contributed by atoms with Gasteiger partial charge in [0.25, 0.3) is 5.56 Å². The van der Waals surface area contributed by atoms with Crippen LogP contribution in [0.4, 0.5) is 0 Å². The Labute approximate surface area is 160 Å². The summed E-state index contributed by atoms with van der Waals surface area (Å²) in [5, 5.41) is 11.0. The quantitative estimate of drug-likeness (QED) is 0.629. The van der Waals surface area contributed by atoms with Gasteiger partial charge in [-0.25, -0.2) is 9.78 Å². The van der Waals surface area contributed by atoms with Crippen LogP contribution in [0, 0.1) is 6.92 Å². The number of ether oxygens (including phenoxy) is 1. The smallest absolute Gasteiger partial charge is 0.332 e. The van der Waals surface area contributed by atoms with Crippen LogP contribution in [0.5, 0.6) is 5.75 Å². The minimum atomic E-state index is -0.850. The molecule has 1 atom stereocenters. The first-order valence-corrected chi connectivity index (χ1v) is 9.63. The van der Waals surface area contributed by atoms with Crippen LogP contribution < -0.4 is 16.0 Å². The molecule has 1 N–H and O–H groups in total. The molecule has 0 fully saturated rings. The first-order valence-electron chi connectivity index (χ1n) is 8.41. The zero-order chi connectivity index (χ0) is 19.7. The first kappa shape index (κ1) is 19.2. The molecule has 2 heterocycles. The van der Waals surface area contributed by atoms with Gasteiger partial charge in [-0.3, -0.25) is 13.9 Å². The van der Waals surface area contributed by atoms with E-state index >= 15 is 0 Å². The number of aliphatic hydroxyl groups excluding tert-OH is 1. The van der Waals surface area contributed by atoms with Crippen molar-refractivity contribution in [2.24, 2.45) is 14.1 Å². The van der Waals surface area contributed by atoms with E-state index in [1.807, 2.05) is 37.4 Å². The standard InChI is InChI=1S/C18H22N4O4S/c1-11-5-7-13(8-6-11)26-10-12(23)9-22-14-15(19-17(22)27-4)20(2)18(25)21(3)16(14)24/h5-8,12,23H,9-10H2,1-4H3/t12-/m0/s1. The molecule has 1 aromatic carbocycles. The zero-order valence-electron chi connectivity index (χ0n) is 15.7. The Morgan fingerprint density at radius 1 is 1.19 bits per heavy atom. The van der Waals surface area contributed by atoms with Crippen LogP contribution in [0.1, 0.15) is 5.56 Å². The second-order valence-corrected chi connectivity index (χ2v) is 7.14. The fourth-order valence-corrected chi connectivity index (χ4v) is 3.41. The van der Waals surface area contributed by atoms with Crippen LogP contribution in [0.15, 0.2) is 39.0 Å². The number of rotatable bonds is 6. The molecule has 0 radical (unpaired) electrons. The molecule has 0 saturated heterocycles. The van der Waals surface area contributed by atoms with Gasteiger partial charge in [0.05, 0.1) is 6.54 Å². The van der Waals surface area contributed by atoms with E-state index in [0.29, 0.717) is 22.1 Å². The van der Waals surface area contributed by atoms with Gasteiger partial charge in [-0.15, -0.1) is 0 Å². The van der Waals surface area contributed by atoms with Crippen molar-refractivity contribution in [3.8, 4) is 5.75 Å². The summed E-state index contributed by atoms with van der Waals surface area (Å²) >= 11 is 1.34. The highest BCUT2D eigenvalue weighted by Crippen LogP contribution is 2.20. The molecule has 0 spiro atoms. The van der Waals surface area contributed by atoms with Gasteiger partial charge in [0.15, 0.2) is 16.3 Å². The summed E-state index contributed by atoms with van der Waals surface area (Å²) in [7, 11) is 3.00. The van der Waals surface area contributed by atoms with E-state index in [4.69, 9.17) is 4.74 Å². The molecule has 0 saturated carbocycles. The fraction of sp³-hybridized carbons (Fsp3) is 0.389. The van der Waals surface area contributed by atoms with E-state index in [1.54, 1.807) is 11.6 Å². The van der Waals surface area contributed by atoms with E-state index < -0.39 is 17.4 Å². The molecule has 0 aliphatic carbocycles. The average molecular weight is 390 g/mol. The number of hydrogen-bond donors (Lipinski definition) is 1. The van der Waals surface area contributed by atoms with Crippen LogP contribution >= 0.6 is 11.8 Å². The van der Waals surface area contributed by atoms with Gasteiger partial charge in [0.1, 0.15) is 18.5 Å². The summed E-state index contributed by atoms with van der Waals surface area (Å²) in [5.74, 6) is 0.665. The molecule has 0 bridgehead atoms. The summed E-state index contributed by atoms with van der Waals surface area (Å²) in [6.45, 7) is 2.19. The largest absolute Gasteiger partial charge is 0.491 e. The van der Waals surface area contributed by atoms with Crippen LogP contribution in [-0.2, 0) is 20.6 Å². The average Bonchev–Trinajstić information content (AvgIpc) is 3.02. The van der Waals surface area contributed by atoms with Crippen LogP contribution in [0.2, 0.25) is 0 Å². The topological polar surface area (TPSA) is 91.3 Å². The predicted octanol–water partition coefficient (Wildman–Crippen LogP) is 0.904. The Balaban J connectivity index is 1.90. The molecule has 0 unspecified atom stereocenters. The number of aliphatic hydroxyl groups is 1. The Morgan fingerprint density at radius 3 is 2.48 bits per heavy atom. The van der Waals surface area contributed by atoms with Crippen LogP contribution in [0.25, 0.3) is 11.2 Å². The van der Waals surface area contributed by atoms with Gasteiger partial charge in [-0.1, -0.05) is 29.5 Å². The number of nitrogens with zero attached hydrogens (tertiary/aromatic N) is 4. The van der Waals surface area contributed by atoms with Gasteiger partial charge in [-0.2, -0.15) is 0 Å².